The second-order valence-electron chi connectivity index (χ2n) is 31.9. The van der Waals surface area contributed by atoms with Gasteiger partial charge in [0.05, 0.1) is 16.9 Å². The normalized spacial score (nSPS) is 19.4. The van der Waals surface area contributed by atoms with Crippen LogP contribution in [0.4, 0.5) is 45.5 Å². The largest absolute Gasteiger partial charge is 0.335 e. The molecule has 0 spiro atoms. The number of hydrogen-bond acceptors (Lipinski definition) is 3. The highest BCUT2D eigenvalue weighted by Gasteiger charge is 2.62. The van der Waals surface area contributed by atoms with E-state index in [1.807, 2.05) is 0 Å². The molecule has 4 heteroatoms. The highest BCUT2D eigenvalue weighted by atomic mass is 15.3. The van der Waals surface area contributed by atoms with Gasteiger partial charge in [-0.2, -0.15) is 0 Å². The van der Waals surface area contributed by atoms with Gasteiger partial charge >= 0.3 is 0 Å². The van der Waals surface area contributed by atoms with Crippen molar-refractivity contribution in [1.82, 2.24) is 0 Å². The lowest BCUT2D eigenvalue weighted by Crippen LogP contribution is -2.64. The van der Waals surface area contributed by atoms with E-state index < -0.39 is 0 Å². The minimum absolute atomic E-state index is 0.00645. The van der Waals surface area contributed by atoms with E-state index in [4.69, 9.17) is 0 Å². The lowest BCUT2D eigenvalue weighted by molar-refractivity contribution is 0.195. The highest BCUT2D eigenvalue weighted by Crippen LogP contribution is 2.64. The maximum absolute atomic E-state index is 2.94. The van der Waals surface area contributed by atoms with Crippen LogP contribution in [0.2, 0.25) is 0 Å². The summed E-state index contributed by atoms with van der Waals surface area (Å²) < 4.78 is 0. The van der Waals surface area contributed by atoms with Crippen LogP contribution in [0.1, 0.15) is 202 Å². The highest BCUT2D eigenvalue weighted by molar-refractivity contribution is 7.00. The molecule has 5 aliphatic rings. The quantitative estimate of drug-likeness (QED) is 0.159. The van der Waals surface area contributed by atoms with Gasteiger partial charge in [0.15, 0.2) is 0 Å². The molecule has 8 aromatic carbocycles. The van der Waals surface area contributed by atoms with E-state index in [-0.39, 0.29) is 50.2 Å². The summed E-state index contributed by atoms with van der Waals surface area (Å²) in [6, 6.07) is 61.0. The van der Waals surface area contributed by atoms with Gasteiger partial charge in [0.2, 0.25) is 0 Å². The van der Waals surface area contributed by atoms with Gasteiger partial charge in [-0.05, 0) is 167 Å². The van der Waals surface area contributed by atoms with Crippen LogP contribution in [0.5, 0.6) is 0 Å². The van der Waals surface area contributed by atoms with Crippen molar-refractivity contribution in [1.29, 1.82) is 0 Å². The van der Waals surface area contributed by atoms with E-state index in [1.54, 1.807) is 5.56 Å². The number of nitrogens with zero attached hydrogens (tertiary/aromatic N) is 3. The molecule has 0 aromatic heterocycles. The van der Waals surface area contributed by atoms with Crippen LogP contribution in [0.25, 0.3) is 22.3 Å². The van der Waals surface area contributed by atoms with E-state index in [0.717, 1.165) is 29.9 Å². The zero-order chi connectivity index (χ0) is 59.1. The SMILES string of the molecule is CC(C)(C)c1ccc(N(c2ccc(C(C)(C)C)cc2)c2cc3c4c(c2)N2c5c(cc(C(C)(C)C)cc5C5(C)CCCCC25C)B4c2ccc4c(c2N3c2ccc(C(C)(C)C)cc2-c2ccccc2)-c2cc(C(C)(C)C)ccc2C4(C)C)cc1. The molecule has 3 aliphatic heterocycles. The zero-order valence-corrected chi connectivity index (χ0v) is 53.7. The third kappa shape index (κ3) is 8.32. The first kappa shape index (κ1) is 55.4. The molecule has 3 heterocycles. The Labute approximate surface area is 499 Å². The summed E-state index contributed by atoms with van der Waals surface area (Å²) in [6.07, 6.45) is 4.74. The Hall–Kier alpha value is -6.78. The van der Waals surface area contributed by atoms with Crippen LogP contribution in [-0.4, -0.2) is 12.3 Å². The first-order valence-corrected chi connectivity index (χ1v) is 31.3. The number of fused-ring (bicyclic) bond motifs is 11. The summed E-state index contributed by atoms with van der Waals surface area (Å²) >= 11 is 0. The molecule has 0 saturated heterocycles. The van der Waals surface area contributed by atoms with Crippen LogP contribution < -0.4 is 31.1 Å². The summed E-state index contributed by atoms with van der Waals surface area (Å²) in [5.41, 5.74) is 30.0. The van der Waals surface area contributed by atoms with Crippen LogP contribution in [0.15, 0.2) is 152 Å². The molecule has 1 fully saturated rings. The first-order chi connectivity index (χ1) is 38.8. The molecule has 3 nitrogen and oxygen atoms in total. The van der Waals surface area contributed by atoms with E-state index in [0.29, 0.717) is 0 Å². The lowest BCUT2D eigenvalue weighted by atomic mass is 9.33. The van der Waals surface area contributed by atoms with Crippen molar-refractivity contribution in [3.8, 4) is 22.3 Å². The van der Waals surface area contributed by atoms with Gasteiger partial charge in [-0.15, -0.1) is 0 Å². The van der Waals surface area contributed by atoms with Gasteiger partial charge < -0.3 is 14.7 Å². The zero-order valence-electron chi connectivity index (χ0n) is 53.7. The lowest BCUT2D eigenvalue weighted by Gasteiger charge is -2.53. The molecule has 424 valence electrons. The molecule has 0 N–H and O–H groups in total. The molecule has 1 saturated carbocycles. The molecule has 0 bridgehead atoms. The van der Waals surface area contributed by atoms with Crippen LogP contribution >= 0.6 is 0 Å². The number of rotatable bonds is 5. The molecule has 0 amide bonds. The fourth-order valence-corrected chi connectivity index (χ4v) is 15.6. The molecule has 2 unspecified atom stereocenters. The van der Waals surface area contributed by atoms with Crippen LogP contribution in [0.3, 0.4) is 0 Å². The van der Waals surface area contributed by atoms with Crippen LogP contribution in [-0.2, 0) is 37.9 Å². The average Bonchev–Trinajstić information content (AvgIpc) is 1.61. The smallest absolute Gasteiger partial charge is 0.252 e. The number of benzene rings is 8. The Morgan fingerprint density at radius 2 is 0.928 bits per heavy atom. The van der Waals surface area contributed by atoms with Gasteiger partial charge in [0.1, 0.15) is 0 Å². The minimum Gasteiger partial charge on any atom is -0.335 e. The van der Waals surface area contributed by atoms with Gasteiger partial charge in [-0.1, -0.05) is 241 Å². The minimum atomic E-state index is -0.238. The molecule has 0 radical (unpaired) electrons. The monoisotopic (exact) mass is 1090 g/mol. The van der Waals surface area contributed by atoms with Crippen LogP contribution in [0, 0.1) is 0 Å². The predicted octanol–water partition coefficient (Wildman–Crippen LogP) is 20.0. The average molecular weight is 1090 g/mol. The summed E-state index contributed by atoms with van der Waals surface area (Å²) in [7, 11) is 0. The van der Waals surface area contributed by atoms with E-state index >= 15 is 0 Å². The first-order valence-electron chi connectivity index (χ1n) is 31.3. The molecule has 13 rings (SSSR count). The Morgan fingerprint density at radius 3 is 1.51 bits per heavy atom. The second kappa shape index (κ2) is 18.1. The van der Waals surface area contributed by atoms with Crippen molar-refractivity contribution in [2.75, 3.05) is 14.7 Å². The Morgan fingerprint density at radius 1 is 0.410 bits per heavy atom. The molecular weight excluding hydrogens is 1000 g/mol. The van der Waals surface area contributed by atoms with E-state index in [1.165, 1.54) is 119 Å². The number of hydrogen-bond donors (Lipinski definition) is 0. The van der Waals surface area contributed by atoms with Crippen molar-refractivity contribution >= 4 is 68.6 Å². The van der Waals surface area contributed by atoms with Crippen molar-refractivity contribution in [3.05, 3.63) is 196 Å². The van der Waals surface area contributed by atoms with Crippen molar-refractivity contribution in [3.63, 3.8) is 0 Å². The fraction of sp³-hybridized carbons (Fsp3) is 0.392. The standard InChI is InChI=1S/C79H90BN3/c1-72(2,3)50-27-33-55(34-28-50)81(56-35-29-51(30-36-56)73(4,5)6)57-47-66-69-67(48-57)83-70-62(78(18)41-23-24-42-79(78,83)19)45-54(76(13,14)15)46-64(70)80(69)63-39-38-61-68(59-44-52(74(7,8)9)31-37-60(59)77(61,16)17)71(63)82(66)65-40-32-53(75(10,11)12)43-58(65)49-25-21-20-22-26-49/h20-22,25-40,43-48H,23-24,41-42H2,1-19H3. The fourth-order valence-electron chi connectivity index (χ4n) is 15.6. The summed E-state index contributed by atoms with van der Waals surface area (Å²) in [6.45, 7) is 45.7. The van der Waals surface area contributed by atoms with E-state index in [2.05, 4.69) is 298 Å². The van der Waals surface area contributed by atoms with E-state index in [9.17, 15) is 0 Å². The molecule has 83 heavy (non-hydrogen) atoms. The second-order valence-corrected chi connectivity index (χ2v) is 31.9. The molecule has 2 atom stereocenters. The van der Waals surface area contributed by atoms with Gasteiger partial charge in [0, 0.05) is 56.1 Å². The Kier molecular flexibility index (Phi) is 12.1. The summed E-state index contributed by atoms with van der Waals surface area (Å²) in [5, 5.41) is 0. The summed E-state index contributed by atoms with van der Waals surface area (Å²) in [4.78, 5) is 8.33. The van der Waals surface area contributed by atoms with Gasteiger partial charge in [-0.25, -0.2) is 0 Å². The summed E-state index contributed by atoms with van der Waals surface area (Å²) in [5.74, 6) is 0. The Balaban J connectivity index is 1.23. The van der Waals surface area contributed by atoms with Crippen molar-refractivity contribution in [2.45, 2.75) is 201 Å². The maximum Gasteiger partial charge on any atom is 0.252 e. The third-order valence-electron chi connectivity index (χ3n) is 21.0. The number of anilines is 8. The predicted molar refractivity (Wildman–Crippen MR) is 360 cm³/mol. The van der Waals surface area contributed by atoms with Gasteiger partial charge in [0.25, 0.3) is 6.71 Å². The van der Waals surface area contributed by atoms with Crippen molar-refractivity contribution in [2.24, 2.45) is 0 Å². The Bertz CT molecular complexity index is 3880. The van der Waals surface area contributed by atoms with Gasteiger partial charge in [-0.3, -0.25) is 0 Å². The van der Waals surface area contributed by atoms with Crippen molar-refractivity contribution < 1.29 is 0 Å². The molecular formula is C79H90BN3. The topological polar surface area (TPSA) is 9.72 Å². The third-order valence-corrected chi connectivity index (χ3v) is 21.0. The molecule has 2 aliphatic carbocycles. The molecule has 8 aromatic rings. The maximum atomic E-state index is 2.94.